The number of ether oxygens (including phenoxy) is 1. The Kier molecular flexibility index (Phi) is 10.2. The molecule has 0 N–H and O–H groups in total. The molecule has 0 amide bonds. The maximum absolute atomic E-state index is 13.0. The Morgan fingerprint density at radius 3 is 2.33 bits per heavy atom. The van der Waals surface area contributed by atoms with Gasteiger partial charge in [-0.3, -0.25) is 9.59 Å². The van der Waals surface area contributed by atoms with E-state index in [0.717, 1.165) is 55.4 Å². The number of ketones is 1. The summed E-state index contributed by atoms with van der Waals surface area (Å²) in [6.45, 7) is 9.48. The zero-order valence-electron chi connectivity index (χ0n) is 19.1. The van der Waals surface area contributed by atoms with Gasteiger partial charge in [-0.25, -0.2) is 0 Å². The standard InChI is InChI=1S/C25H38NO3.Y/c1-4-26(18-22(27)16-24-19(2)10-8-11-20(24)3)15-9-12-21(17-26)25(28)29-23-13-6-5-7-14-23;/h8,10-11,21,23H,4-7,9,12-18H2,1-3H3;/q+1;. The number of esters is 1. The van der Waals surface area contributed by atoms with Crippen molar-refractivity contribution < 1.29 is 51.5 Å². The first-order valence-corrected chi connectivity index (χ1v) is 11.5. The Balaban J connectivity index is 0.00000320. The van der Waals surface area contributed by atoms with E-state index in [9.17, 15) is 9.59 Å². The average Bonchev–Trinajstić information content (AvgIpc) is 2.72. The van der Waals surface area contributed by atoms with E-state index in [-0.39, 0.29) is 56.5 Å². The smallest absolute Gasteiger partial charge is 0.314 e. The van der Waals surface area contributed by atoms with Gasteiger partial charge in [0.1, 0.15) is 18.6 Å². The van der Waals surface area contributed by atoms with E-state index in [0.29, 0.717) is 13.0 Å². The molecule has 4 nitrogen and oxygen atoms in total. The summed E-state index contributed by atoms with van der Waals surface area (Å²) in [6.07, 6.45) is 8.14. The predicted octanol–water partition coefficient (Wildman–Crippen LogP) is 4.54. The molecule has 1 aliphatic heterocycles. The molecule has 1 aromatic carbocycles. The summed E-state index contributed by atoms with van der Waals surface area (Å²) < 4.78 is 6.60. The maximum Gasteiger partial charge on any atom is 0.314 e. The van der Waals surface area contributed by atoms with E-state index in [1.807, 2.05) is 6.07 Å². The van der Waals surface area contributed by atoms with Gasteiger partial charge in [0.2, 0.25) is 0 Å². The number of likely N-dealkylation sites (N-methyl/N-ethyl adjacent to an activating group) is 1. The number of piperidine rings is 1. The summed E-state index contributed by atoms with van der Waals surface area (Å²) >= 11 is 0. The van der Waals surface area contributed by atoms with E-state index in [1.165, 1.54) is 30.4 Å². The number of benzene rings is 1. The summed E-state index contributed by atoms with van der Waals surface area (Å²) in [6, 6.07) is 6.21. The molecule has 30 heavy (non-hydrogen) atoms. The van der Waals surface area contributed by atoms with Gasteiger partial charge < -0.3 is 9.22 Å². The Morgan fingerprint density at radius 1 is 1.03 bits per heavy atom. The van der Waals surface area contributed by atoms with Crippen molar-refractivity contribution in [1.82, 2.24) is 0 Å². The van der Waals surface area contributed by atoms with Crippen LogP contribution in [0.3, 0.4) is 0 Å². The number of aryl methyl sites for hydroxylation is 2. The van der Waals surface area contributed by atoms with Crippen molar-refractivity contribution in [1.29, 1.82) is 0 Å². The zero-order valence-corrected chi connectivity index (χ0v) is 22.0. The Hall–Kier alpha value is -0.576. The minimum absolute atomic E-state index is 0. The molecule has 0 spiro atoms. The zero-order chi connectivity index (χ0) is 20.9. The van der Waals surface area contributed by atoms with Crippen LogP contribution in [0.25, 0.3) is 0 Å². The first kappa shape index (κ1) is 25.7. The van der Waals surface area contributed by atoms with Gasteiger partial charge >= 0.3 is 5.97 Å². The van der Waals surface area contributed by atoms with Crippen LogP contribution in [0.4, 0.5) is 0 Å². The number of hydrogen-bond acceptors (Lipinski definition) is 3. The fourth-order valence-corrected chi connectivity index (χ4v) is 5.26. The number of quaternary nitrogens is 1. The third kappa shape index (κ3) is 6.71. The Labute approximate surface area is 207 Å². The van der Waals surface area contributed by atoms with Crippen molar-refractivity contribution in [3.8, 4) is 0 Å². The van der Waals surface area contributed by atoms with Crippen LogP contribution >= 0.6 is 0 Å². The second-order valence-electron chi connectivity index (χ2n) is 9.34. The molecular weight excluding hydrogens is 451 g/mol. The van der Waals surface area contributed by atoms with Crippen LogP contribution in [-0.4, -0.2) is 48.5 Å². The molecule has 1 radical (unpaired) electrons. The number of hydrogen-bond donors (Lipinski definition) is 0. The van der Waals surface area contributed by atoms with E-state index in [2.05, 4.69) is 32.9 Å². The van der Waals surface area contributed by atoms with Gasteiger partial charge in [0.25, 0.3) is 0 Å². The molecule has 5 heteroatoms. The molecule has 2 fully saturated rings. The fourth-order valence-electron chi connectivity index (χ4n) is 5.26. The maximum atomic E-state index is 13.0. The van der Waals surface area contributed by atoms with Crippen LogP contribution in [0, 0.1) is 19.8 Å². The molecular formula is C25H38NO3Y+. The van der Waals surface area contributed by atoms with Gasteiger partial charge in [-0.15, -0.1) is 0 Å². The molecule has 1 aliphatic carbocycles. The van der Waals surface area contributed by atoms with Gasteiger partial charge in [0, 0.05) is 39.1 Å². The largest absolute Gasteiger partial charge is 0.462 e. The molecule has 163 valence electrons. The SMILES string of the molecule is CC[N+]1(CC(=O)Cc2c(C)cccc2C)CCCC(C(=O)OC2CCCCC2)C1.[Y]. The van der Waals surface area contributed by atoms with Crippen LogP contribution in [0.1, 0.15) is 68.6 Å². The van der Waals surface area contributed by atoms with Gasteiger partial charge in [0.05, 0.1) is 19.6 Å². The summed E-state index contributed by atoms with van der Waals surface area (Å²) in [5, 5.41) is 0. The molecule has 1 saturated carbocycles. The minimum Gasteiger partial charge on any atom is -0.462 e. The molecule has 3 rings (SSSR count). The average molecular weight is 489 g/mol. The van der Waals surface area contributed by atoms with Crippen molar-refractivity contribution in [3.05, 3.63) is 34.9 Å². The Morgan fingerprint density at radius 2 is 1.70 bits per heavy atom. The van der Waals surface area contributed by atoms with Crippen LogP contribution in [-0.2, 0) is 53.5 Å². The van der Waals surface area contributed by atoms with Crippen molar-refractivity contribution in [2.45, 2.75) is 78.2 Å². The van der Waals surface area contributed by atoms with Crippen molar-refractivity contribution >= 4 is 11.8 Å². The quantitative estimate of drug-likeness (QED) is 0.418. The second kappa shape index (κ2) is 11.9. The van der Waals surface area contributed by atoms with Crippen molar-refractivity contribution in [2.24, 2.45) is 5.92 Å². The fraction of sp³-hybridized carbons (Fsp3) is 0.680. The minimum atomic E-state index is -0.0568. The number of carbonyl (C=O) groups excluding carboxylic acids is 2. The van der Waals surface area contributed by atoms with Gasteiger partial charge in [0.15, 0.2) is 5.78 Å². The molecule has 1 aromatic rings. The topological polar surface area (TPSA) is 43.4 Å². The van der Waals surface area contributed by atoms with Gasteiger partial charge in [-0.2, -0.15) is 0 Å². The molecule has 0 bridgehead atoms. The third-order valence-electron chi connectivity index (χ3n) is 7.16. The Bertz CT molecular complexity index is 709. The van der Waals surface area contributed by atoms with Crippen LogP contribution in [0.5, 0.6) is 0 Å². The number of nitrogens with zero attached hydrogens (tertiary/aromatic N) is 1. The number of Topliss-reactive ketones (excluding diaryl/α,β-unsaturated/α-hetero) is 1. The first-order chi connectivity index (χ1) is 13.9. The summed E-state index contributed by atoms with van der Waals surface area (Å²) in [7, 11) is 0. The molecule has 2 aliphatic rings. The van der Waals surface area contributed by atoms with E-state index >= 15 is 0 Å². The van der Waals surface area contributed by atoms with Crippen LogP contribution in [0.2, 0.25) is 0 Å². The predicted molar refractivity (Wildman–Crippen MR) is 116 cm³/mol. The van der Waals surface area contributed by atoms with Crippen molar-refractivity contribution in [3.63, 3.8) is 0 Å². The van der Waals surface area contributed by atoms with E-state index < -0.39 is 0 Å². The third-order valence-corrected chi connectivity index (χ3v) is 7.16. The van der Waals surface area contributed by atoms with E-state index in [4.69, 9.17) is 4.74 Å². The number of likely N-dealkylation sites (tertiary alicyclic amines) is 1. The van der Waals surface area contributed by atoms with Gasteiger partial charge in [-0.05, 0) is 76.0 Å². The number of carbonyl (C=O) groups is 2. The molecule has 2 unspecified atom stereocenters. The molecule has 1 saturated heterocycles. The summed E-state index contributed by atoms with van der Waals surface area (Å²) in [4.78, 5) is 25.8. The summed E-state index contributed by atoms with van der Waals surface area (Å²) in [5.41, 5.74) is 3.54. The molecule has 0 aromatic heterocycles. The monoisotopic (exact) mass is 489 g/mol. The van der Waals surface area contributed by atoms with Crippen molar-refractivity contribution in [2.75, 3.05) is 26.2 Å². The normalized spacial score (nSPS) is 24.7. The second-order valence-corrected chi connectivity index (χ2v) is 9.34. The van der Waals surface area contributed by atoms with Crippen LogP contribution in [0.15, 0.2) is 18.2 Å². The van der Waals surface area contributed by atoms with E-state index in [1.54, 1.807) is 0 Å². The molecule has 2 atom stereocenters. The molecule has 1 heterocycles. The summed E-state index contributed by atoms with van der Waals surface area (Å²) in [5.74, 6) is 0.207. The van der Waals surface area contributed by atoms with Crippen LogP contribution < -0.4 is 0 Å². The first-order valence-electron chi connectivity index (χ1n) is 11.5. The number of rotatable bonds is 7. The van der Waals surface area contributed by atoms with Gasteiger partial charge in [-0.1, -0.05) is 24.6 Å².